The second kappa shape index (κ2) is 7.90. The van der Waals surface area contributed by atoms with E-state index in [0.717, 1.165) is 5.39 Å². The summed E-state index contributed by atoms with van der Waals surface area (Å²) in [6.45, 7) is 0. The number of carbonyl (C=O) groups is 1. The summed E-state index contributed by atoms with van der Waals surface area (Å²) in [6.07, 6.45) is 0. The number of furan rings is 1. The maximum absolute atomic E-state index is 12.5. The number of hydrogen-bond donors (Lipinski definition) is 0. The number of benzene rings is 3. The van der Waals surface area contributed by atoms with Crippen LogP contribution in [-0.2, 0) is 0 Å². The van der Waals surface area contributed by atoms with Crippen molar-refractivity contribution >= 4 is 39.5 Å². The van der Waals surface area contributed by atoms with Gasteiger partial charge < -0.3 is 18.3 Å². The fourth-order valence-corrected chi connectivity index (χ4v) is 3.62. The third kappa shape index (κ3) is 3.61. The van der Waals surface area contributed by atoms with E-state index in [-0.39, 0.29) is 0 Å². The SMILES string of the molecule is COc1cccc2cc(-c3cc(=O)oc4ccc(OC(=O)c5ccc(Cl)cc5)cc34)oc12. The number of methoxy groups -OCH3 is 1. The van der Waals surface area contributed by atoms with E-state index in [0.29, 0.717) is 50.0 Å². The zero-order valence-corrected chi connectivity index (χ0v) is 17.5. The highest BCUT2D eigenvalue weighted by Crippen LogP contribution is 2.36. The molecule has 0 saturated heterocycles. The fourth-order valence-electron chi connectivity index (χ4n) is 3.49. The van der Waals surface area contributed by atoms with Crippen molar-refractivity contribution in [2.24, 2.45) is 0 Å². The van der Waals surface area contributed by atoms with Gasteiger partial charge in [-0.25, -0.2) is 9.59 Å². The number of para-hydroxylation sites is 1. The van der Waals surface area contributed by atoms with Crippen molar-refractivity contribution in [3.05, 3.63) is 93.8 Å². The number of carbonyl (C=O) groups excluding carboxylic acids is 1. The summed E-state index contributed by atoms with van der Waals surface area (Å²) in [5, 5.41) is 1.91. The zero-order chi connectivity index (χ0) is 22.2. The molecule has 0 radical (unpaired) electrons. The Morgan fingerprint density at radius 1 is 0.938 bits per heavy atom. The minimum absolute atomic E-state index is 0.293. The van der Waals surface area contributed by atoms with Crippen LogP contribution >= 0.6 is 11.6 Å². The molecule has 0 atom stereocenters. The number of esters is 1. The molecule has 0 bridgehead atoms. The standard InChI is InChI=1S/C25H15ClO6/c1-29-21-4-2-3-15-11-22(32-24(15)21)19-13-23(27)31-20-10-9-17(12-18(19)20)30-25(28)14-5-7-16(26)8-6-14/h2-13H,1H3. The van der Waals surface area contributed by atoms with Gasteiger partial charge in [0.25, 0.3) is 0 Å². The van der Waals surface area contributed by atoms with E-state index in [2.05, 4.69) is 0 Å². The molecule has 0 aliphatic rings. The Morgan fingerprint density at radius 3 is 2.53 bits per heavy atom. The second-order valence-corrected chi connectivity index (χ2v) is 7.46. The minimum atomic E-state index is -0.534. The summed E-state index contributed by atoms with van der Waals surface area (Å²) in [6, 6.07) is 19.9. The van der Waals surface area contributed by atoms with Crippen LogP contribution < -0.4 is 15.1 Å². The van der Waals surface area contributed by atoms with Gasteiger partial charge in [0.1, 0.15) is 17.1 Å². The van der Waals surface area contributed by atoms with Crippen molar-refractivity contribution < 1.29 is 23.1 Å². The minimum Gasteiger partial charge on any atom is -0.493 e. The van der Waals surface area contributed by atoms with E-state index in [9.17, 15) is 9.59 Å². The molecule has 32 heavy (non-hydrogen) atoms. The fraction of sp³-hybridized carbons (Fsp3) is 0.0400. The predicted octanol–water partition coefficient (Wildman–Crippen LogP) is 6.09. The van der Waals surface area contributed by atoms with Gasteiger partial charge in [-0.3, -0.25) is 0 Å². The van der Waals surface area contributed by atoms with Crippen LogP contribution in [0.4, 0.5) is 0 Å². The molecule has 0 aliphatic carbocycles. The molecule has 0 unspecified atom stereocenters. The van der Waals surface area contributed by atoms with Crippen LogP contribution in [0, 0.1) is 0 Å². The van der Waals surface area contributed by atoms with Crippen LogP contribution in [0.3, 0.4) is 0 Å². The summed E-state index contributed by atoms with van der Waals surface area (Å²) >= 11 is 5.87. The predicted molar refractivity (Wildman–Crippen MR) is 121 cm³/mol. The highest BCUT2D eigenvalue weighted by molar-refractivity contribution is 6.30. The van der Waals surface area contributed by atoms with Crippen molar-refractivity contribution in [1.29, 1.82) is 0 Å². The molecule has 0 N–H and O–H groups in total. The van der Waals surface area contributed by atoms with Crippen molar-refractivity contribution in [2.75, 3.05) is 7.11 Å². The number of fused-ring (bicyclic) bond motifs is 2. The molecule has 0 saturated carbocycles. The summed E-state index contributed by atoms with van der Waals surface area (Å²) in [4.78, 5) is 24.6. The van der Waals surface area contributed by atoms with Crippen LogP contribution in [0.1, 0.15) is 10.4 Å². The normalized spacial score (nSPS) is 11.1. The molecule has 0 spiro atoms. The molecule has 3 aromatic carbocycles. The quantitative estimate of drug-likeness (QED) is 0.189. The van der Waals surface area contributed by atoms with Gasteiger partial charge in [-0.05, 0) is 54.6 Å². The molecule has 158 valence electrons. The van der Waals surface area contributed by atoms with Gasteiger partial charge in [-0.2, -0.15) is 0 Å². The van der Waals surface area contributed by atoms with Crippen molar-refractivity contribution in [3.63, 3.8) is 0 Å². The number of hydrogen-bond acceptors (Lipinski definition) is 6. The molecule has 2 aromatic heterocycles. The van der Waals surface area contributed by atoms with Gasteiger partial charge in [-0.15, -0.1) is 0 Å². The second-order valence-electron chi connectivity index (χ2n) is 7.02. The molecule has 6 nitrogen and oxygen atoms in total. The molecule has 0 aliphatic heterocycles. The van der Waals surface area contributed by atoms with E-state index in [1.807, 2.05) is 18.2 Å². The maximum atomic E-state index is 12.5. The third-order valence-electron chi connectivity index (χ3n) is 5.00. The van der Waals surface area contributed by atoms with Crippen LogP contribution in [0.5, 0.6) is 11.5 Å². The molecule has 0 amide bonds. The molecule has 5 rings (SSSR count). The summed E-state index contributed by atoms with van der Waals surface area (Å²) in [5.41, 5.74) is 1.26. The van der Waals surface area contributed by atoms with Gasteiger partial charge in [0, 0.05) is 27.4 Å². The topological polar surface area (TPSA) is 78.9 Å². The van der Waals surface area contributed by atoms with Gasteiger partial charge in [-0.1, -0.05) is 23.7 Å². The van der Waals surface area contributed by atoms with E-state index in [4.69, 9.17) is 29.9 Å². The largest absolute Gasteiger partial charge is 0.493 e. The average molecular weight is 447 g/mol. The van der Waals surface area contributed by atoms with Gasteiger partial charge >= 0.3 is 11.6 Å². The Bertz CT molecular complexity index is 1530. The van der Waals surface area contributed by atoms with Crippen LogP contribution in [0.25, 0.3) is 33.3 Å². The lowest BCUT2D eigenvalue weighted by Gasteiger charge is -2.07. The van der Waals surface area contributed by atoms with Gasteiger partial charge in [0.15, 0.2) is 11.3 Å². The number of halogens is 1. The molecule has 5 aromatic rings. The Hall–Kier alpha value is -4.03. The van der Waals surface area contributed by atoms with Crippen LogP contribution in [-0.4, -0.2) is 13.1 Å². The zero-order valence-electron chi connectivity index (χ0n) is 16.8. The first-order valence-corrected chi connectivity index (χ1v) is 10.0. The van der Waals surface area contributed by atoms with E-state index >= 15 is 0 Å². The van der Waals surface area contributed by atoms with E-state index in [1.54, 1.807) is 55.6 Å². The van der Waals surface area contributed by atoms with E-state index < -0.39 is 11.6 Å². The van der Waals surface area contributed by atoms with Crippen molar-refractivity contribution in [3.8, 4) is 22.8 Å². The highest BCUT2D eigenvalue weighted by Gasteiger charge is 2.16. The Balaban J connectivity index is 1.59. The van der Waals surface area contributed by atoms with Crippen LogP contribution in [0.2, 0.25) is 5.02 Å². The molecule has 0 fully saturated rings. The Kier molecular flexibility index (Phi) is 4.92. The van der Waals surface area contributed by atoms with Crippen LogP contribution in [0.15, 0.2) is 86.4 Å². The van der Waals surface area contributed by atoms with Gasteiger partial charge in [0.05, 0.1) is 12.7 Å². The first-order valence-electron chi connectivity index (χ1n) is 9.64. The van der Waals surface area contributed by atoms with E-state index in [1.165, 1.54) is 6.07 Å². The first kappa shape index (κ1) is 19.9. The lowest BCUT2D eigenvalue weighted by molar-refractivity contribution is 0.0735. The molecule has 2 heterocycles. The Morgan fingerprint density at radius 2 is 1.75 bits per heavy atom. The summed E-state index contributed by atoms with van der Waals surface area (Å²) in [7, 11) is 1.56. The maximum Gasteiger partial charge on any atom is 0.343 e. The number of ether oxygens (including phenoxy) is 2. The average Bonchev–Trinajstić information content (AvgIpc) is 3.23. The first-order chi connectivity index (χ1) is 15.5. The Labute approximate surface area is 186 Å². The summed E-state index contributed by atoms with van der Waals surface area (Å²) < 4.78 is 22.2. The molecule has 7 heteroatoms. The number of rotatable bonds is 4. The molecular formula is C25H15ClO6. The van der Waals surface area contributed by atoms with Crippen molar-refractivity contribution in [1.82, 2.24) is 0 Å². The van der Waals surface area contributed by atoms with Crippen molar-refractivity contribution in [2.45, 2.75) is 0 Å². The monoisotopic (exact) mass is 446 g/mol. The summed E-state index contributed by atoms with van der Waals surface area (Å²) in [5.74, 6) is 0.803. The third-order valence-corrected chi connectivity index (χ3v) is 5.25. The highest BCUT2D eigenvalue weighted by atomic mass is 35.5. The molecular weight excluding hydrogens is 432 g/mol. The lowest BCUT2D eigenvalue weighted by atomic mass is 10.1. The lowest BCUT2D eigenvalue weighted by Crippen LogP contribution is -2.08. The smallest absolute Gasteiger partial charge is 0.343 e. The van der Waals surface area contributed by atoms with Gasteiger partial charge in [0.2, 0.25) is 0 Å².